The van der Waals surface area contributed by atoms with E-state index in [2.05, 4.69) is 0 Å². The van der Waals surface area contributed by atoms with Crippen LogP contribution < -0.4 is 0 Å². The van der Waals surface area contributed by atoms with Gasteiger partial charge in [-0.05, 0) is 40.2 Å². The summed E-state index contributed by atoms with van der Waals surface area (Å²) in [6.07, 6.45) is 2.13. The van der Waals surface area contributed by atoms with Gasteiger partial charge in [0.05, 0.1) is 11.2 Å². The van der Waals surface area contributed by atoms with E-state index in [9.17, 15) is 24.6 Å². The molecular weight excluding hydrogens is 408 g/mol. The van der Waals surface area contributed by atoms with Crippen LogP contribution in [0.15, 0.2) is 34.6 Å². The van der Waals surface area contributed by atoms with Crippen molar-refractivity contribution in [1.29, 1.82) is 0 Å². The zero-order valence-corrected chi connectivity index (χ0v) is 18.3. The number of esters is 3. The van der Waals surface area contributed by atoms with Gasteiger partial charge in [0.15, 0.2) is 5.79 Å². The van der Waals surface area contributed by atoms with E-state index >= 15 is 0 Å². The van der Waals surface area contributed by atoms with Gasteiger partial charge in [-0.15, -0.1) is 0 Å². The Bertz CT molecular complexity index is 910. The van der Waals surface area contributed by atoms with Gasteiger partial charge in [-0.25, -0.2) is 9.59 Å². The van der Waals surface area contributed by atoms with Crippen molar-refractivity contribution in [2.45, 2.75) is 77.0 Å². The number of carbonyl (C=O) groups is 3. The predicted molar refractivity (Wildman–Crippen MR) is 106 cm³/mol. The fourth-order valence-electron chi connectivity index (χ4n) is 3.97. The molecule has 0 amide bonds. The zero-order valence-electron chi connectivity index (χ0n) is 18.3. The first-order valence-corrected chi connectivity index (χ1v) is 10.1. The maximum atomic E-state index is 12.6. The topological polar surface area (TPSA) is 129 Å². The summed E-state index contributed by atoms with van der Waals surface area (Å²) in [7, 11) is 0. The molecule has 4 atom stereocenters. The number of ether oxygens (including phenoxy) is 4. The van der Waals surface area contributed by atoms with Crippen LogP contribution in [0.25, 0.3) is 0 Å². The van der Waals surface area contributed by atoms with E-state index < -0.39 is 41.0 Å². The van der Waals surface area contributed by atoms with Gasteiger partial charge in [-0.1, -0.05) is 6.08 Å². The van der Waals surface area contributed by atoms with Crippen molar-refractivity contribution in [3.05, 3.63) is 34.6 Å². The van der Waals surface area contributed by atoms with Gasteiger partial charge in [-0.3, -0.25) is 4.79 Å². The lowest BCUT2D eigenvalue weighted by Crippen LogP contribution is -2.54. The smallest absolute Gasteiger partial charge is 0.343 e. The second kappa shape index (κ2) is 7.89. The molecular formula is C22H28O9. The van der Waals surface area contributed by atoms with Crippen LogP contribution in [0.4, 0.5) is 0 Å². The van der Waals surface area contributed by atoms with Gasteiger partial charge in [0, 0.05) is 30.9 Å². The van der Waals surface area contributed by atoms with Crippen molar-refractivity contribution in [2.24, 2.45) is 0 Å². The van der Waals surface area contributed by atoms with Crippen LogP contribution in [0.2, 0.25) is 0 Å². The fourth-order valence-corrected chi connectivity index (χ4v) is 3.97. The van der Waals surface area contributed by atoms with E-state index in [1.54, 1.807) is 26.8 Å². The first-order chi connectivity index (χ1) is 14.3. The summed E-state index contributed by atoms with van der Waals surface area (Å²) in [5.41, 5.74) is -2.38. The van der Waals surface area contributed by atoms with Gasteiger partial charge in [0.2, 0.25) is 0 Å². The Balaban J connectivity index is 2.17. The fraction of sp³-hybridized carbons (Fsp3) is 0.591. The maximum absolute atomic E-state index is 12.6. The monoisotopic (exact) mass is 436 g/mol. The number of fused-ring (bicyclic) bond motifs is 3. The van der Waals surface area contributed by atoms with E-state index in [0.717, 1.165) is 0 Å². The molecule has 1 saturated heterocycles. The molecule has 31 heavy (non-hydrogen) atoms. The summed E-state index contributed by atoms with van der Waals surface area (Å²) in [5, 5.41) is 22.3. The number of aliphatic hydroxyl groups is 2. The number of hydrogen-bond donors (Lipinski definition) is 2. The van der Waals surface area contributed by atoms with E-state index in [0.29, 0.717) is 12.0 Å². The van der Waals surface area contributed by atoms with Gasteiger partial charge < -0.3 is 29.2 Å². The molecule has 1 fully saturated rings. The molecule has 9 nitrogen and oxygen atoms in total. The molecule has 0 aliphatic carbocycles. The van der Waals surface area contributed by atoms with Crippen molar-refractivity contribution >= 4 is 17.9 Å². The van der Waals surface area contributed by atoms with E-state index in [1.807, 2.05) is 0 Å². The largest absolute Gasteiger partial charge is 0.461 e. The minimum Gasteiger partial charge on any atom is -0.461 e. The van der Waals surface area contributed by atoms with Gasteiger partial charge in [-0.2, -0.15) is 0 Å². The van der Waals surface area contributed by atoms with Crippen molar-refractivity contribution in [3.63, 3.8) is 0 Å². The molecule has 0 unspecified atom stereocenters. The third kappa shape index (κ3) is 4.30. The summed E-state index contributed by atoms with van der Waals surface area (Å²) in [4.78, 5) is 36.5. The summed E-state index contributed by atoms with van der Waals surface area (Å²) in [6.45, 7) is 7.13. The first kappa shape index (κ1) is 23.2. The van der Waals surface area contributed by atoms with Crippen molar-refractivity contribution in [1.82, 2.24) is 0 Å². The summed E-state index contributed by atoms with van der Waals surface area (Å²) in [5.74, 6) is -3.82. The minimum atomic E-state index is -1.90. The average Bonchev–Trinajstić information content (AvgIpc) is 3.14. The van der Waals surface area contributed by atoms with Gasteiger partial charge in [0.1, 0.15) is 24.1 Å². The van der Waals surface area contributed by atoms with Crippen LogP contribution in [0.5, 0.6) is 0 Å². The molecule has 0 radical (unpaired) electrons. The molecule has 3 aliphatic heterocycles. The molecule has 3 rings (SSSR count). The lowest BCUT2D eigenvalue weighted by atomic mass is 9.82. The Morgan fingerprint density at radius 1 is 1.26 bits per heavy atom. The average molecular weight is 436 g/mol. The Hall–Kier alpha value is -2.49. The molecule has 0 aromatic carbocycles. The molecule has 9 heteroatoms. The third-order valence-corrected chi connectivity index (χ3v) is 6.01. The van der Waals surface area contributed by atoms with Crippen molar-refractivity contribution < 1.29 is 43.5 Å². The highest BCUT2D eigenvalue weighted by Gasteiger charge is 2.58. The summed E-state index contributed by atoms with van der Waals surface area (Å²) in [6, 6.07) is 0. The number of hydrogen-bond acceptors (Lipinski definition) is 9. The highest BCUT2D eigenvalue weighted by Crippen LogP contribution is 2.49. The van der Waals surface area contributed by atoms with Crippen LogP contribution in [-0.4, -0.2) is 57.8 Å². The Morgan fingerprint density at radius 2 is 1.94 bits per heavy atom. The molecule has 0 saturated carbocycles. The van der Waals surface area contributed by atoms with Crippen LogP contribution >= 0.6 is 0 Å². The lowest BCUT2D eigenvalue weighted by Gasteiger charge is -2.40. The van der Waals surface area contributed by atoms with Crippen molar-refractivity contribution in [2.75, 3.05) is 6.61 Å². The minimum absolute atomic E-state index is 0.00143. The van der Waals surface area contributed by atoms with Crippen LogP contribution in [-0.2, 0) is 33.3 Å². The van der Waals surface area contributed by atoms with Crippen LogP contribution in [0.3, 0.4) is 0 Å². The first-order valence-electron chi connectivity index (χ1n) is 10.1. The second-order valence-corrected chi connectivity index (χ2v) is 8.61. The molecule has 2 N–H and O–H groups in total. The van der Waals surface area contributed by atoms with Crippen LogP contribution in [0, 0.1) is 0 Å². The maximum Gasteiger partial charge on any atom is 0.343 e. The highest BCUT2D eigenvalue weighted by molar-refractivity contribution is 5.96. The molecule has 0 aromatic rings. The molecule has 0 spiro atoms. The van der Waals surface area contributed by atoms with Gasteiger partial charge >= 0.3 is 17.9 Å². The number of carbonyl (C=O) groups excluding carboxylic acids is 3. The highest BCUT2D eigenvalue weighted by atomic mass is 16.7. The van der Waals surface area contributed by atoms with E-state index in [4.69, 9.17) is 18.9 Å². The zero-order chi connectivity index (χ0) is 23.2. The summed E-state index contributed by atoms with van der Waals surface area (Å²) < 4.78 is 21.9. The Labute approximate surface area is 180 Å². The van der Waals surface area contributed by atoms with E-state index in [-0.39, 0.29) is 36.4 Å². The summed E-state index contributed by atoms with van der Waals surface area (Å²) >= 11 is 0. The molecule has 170 valence electrons. The van der Waals surface area contributed by atoms with E-state index in [1.165, 1.54) is 19.9 Å². The molecule has 2 bridgehead atoms. The number of rotatable bonds is 4. The molecule has 3 aliphatic rings. The van der Waals surface area contributed by atoms with Crippen LogP contribution in [0.1, 0.15) is 53.9 Å². The standard InChI is InChI=1S/C22H28O9/c1-6-12(2)18(24)29-16-10-21(5,26)22(27)8-7-20(4,31-22)9-15-17(16)14(19(25)30-15)11-28-13(3)23/h6,9,16,26-27H,7-8,10-11H2,1-5H3/b12-6+,15-9+/t16-,20+,21+,22-/m0/s1. The molecule has 0 aromatic heterocycles. The Kier molecular flexibility index (Phi) is 5.90. The molecule has 3 heterocycles. The normalized spacial score (nSPS) is 37.1. The third-order valence-electron chi connectivity index (χ3n) is 6.01. The Morgan fingerprint density at radius 3 is 2.55 bits per heavy atom. The quantitative estimate of drug-likeness (QED) is 0.383. The SMILES string of the molecule is C/C=C(\C)C(=O)O[C@H]1C[C@@](C)(O)[C@]2(O)CC[C@](C)(/C=C3/OC(=O)C(COC(C)=O)=C31)O2. The van der Waals surface area contributed by atoms with Crippen molar-refractivity contribution in [3.8, 4) is 0 Å². The van der Waals surface area contributed by atoms with Gasteiger partial charge in [0.25, 0.3) is 0 Å². The lowest BCUT2D eigenvalue weighted by molar-refractivity contribution is -0.298. The second-order valence-electron chi connectivity index (χ2n) is 8.61. The predicted octanol–water partition coefficient (Wildman–Crippen LogP) is 1.58. The number of allylic oxidation sites excluding steroid dienone is 1.